The Balaban J connectivity index is 2.08. The lowest BCUT2D eigenvalue weighted by Crippen LogP contribution is -2.37. The molecule has 1 aliphatic rings. The predicted octanol–water partition coefficient (Wildman–Crippen LogP) is 1.57. The Kier molecular flexibility index (Phi) is 3.73. The molecule has 2 rings (SSSR count). The average Bonchev–Trinajstić information content (AvgIpc) is 2.82. The van der Waals surface area contributed by atoms with Crippen LogP contribution in [0.4, 0.5) is 5.82 Å². The highest BCUT2D eigenvalue weighted by atomic mass is 79.9. The second-order valence-corrected chi connectivity index (χ2v) is 5.05. The van der Waals surface area contributed by atoms with Gasteiger partial charge in [0.05, 0.1) is 17.8 Å². The Hall–Kier alpha value is -1.01. The third kappa shape index (κ3) is 2.63. The summed E-state index contributed by atoms with van der Waals surface area (Å²) in [7, 11) is 0. The van der Waals surface area contributed by atoms with Crippen LogP contribution in [0.25, 0.3) is 0 Å². The van der Waals surface area contributed by atoms with Crippen LogP contribution in [0.15, 0.2) is 17.0 Å². The van der Waals surface area contributed by atoms with E-state index in [-0.39, 0.29) is 11.3 Å². The molecule has 1 atom stereocenters. The highest BCUT2D eigenvalue weighted by Gasteiger charge is 2.39. The first-order chi connectivity index (χ1) is 8.16. The maximum Gasteiger partial charge on any atom is 0.233 e. The van der Waals surface area contributed by atoms with Gasteiger partial charge < -0.3 is 10.6 Å². The maximum atomic E-state index is 12.2. The molecule has 1 fully saturated rings. The molecule has 2 heterocycles. The highest BCUT2D eigenvalue weighted by Crippen LogP contribution is 2.30. The Morgan fingerprint density at radius 1 is 1.59 bits per heavy atom. The molecule has 2 N–H and O–H groups in total. The Morgan fingerprint density at radius 3 is 2.94 bits per heavy atom. The number of rotatable bonds is 3. The molecule has 1 amide bonds. The number of carbonyl (C=O) groups excluding carboxylic acids is 1. The van der Waals surface area contributed by atoms with Crippen LogP contribution in [0, 0.1) is 5.41 Å². The van der Waals surface area contributed by atoms with Crippen LogP contribution in [0.5, 0.6) is 0 Å². The number of amides is 1. The molecule has 0 radical (unpaired) electrons. The standard InChI is InChI=1S/C11H15BrN4O/c1-2-11(3-4-13-7-11)10(17)16-9-6-14-8(12)5-15-9/h5-6,13H,2-4,7H2,1H3,(H,15,16,17). The van der Waals surface area contributed by atoms with Gasteiger partial charge in [0, 0.05) is 6.54 Å². The lowest BCUT2D eigenvalue weighted by atomic mass is 9.83. The first-order valence-electron chi connectivity index (χ1n) is 5.66. The van der Waals surface area contributed by atoms with Gasteiger partial charge in [-0.1, -0.05) is 6.92 Å². The molecular formula is C11H15BrN4O. The van der Waals surface area contributed by atoms with E-state index in [0.29, 0.717) is 10.4 Å². The van der Waals surface area contributed by atoms with Crippen LogP contribution in [-0.2, 0) is 4.79 Å². The van der Waals surface area contributed by atoms with Crippen molar-refractivity contribution in [1.82, 2.24) is 15.3 Å². The van der Waals surface area contributed by atoms with Crippen molar-refractivity contribution in [2.24, 2.45) is 5.41 Å². The summed E-state index contributed by atoms with van der Waals surface area (Å²) in [5.74, 6) is 0.527. The monoisotopic (exact) mass is 298 g/mol. The van der Waals surface area contributed by atoms with Crippen molar-refractivity contribution in [3.8, 4) is 0 Å². The summed E-state index contributed by atoms with van der Waals surface area (Å²) in [5.41, 5.74) is -0.297. The first-order valence-corrected chi connectivity index (χ1v) is 6.45. The number of hydrogen-bond donors (Lipinski definition) is 2. The van der Waals surface area contributed by atoms with E-state index in [4.69, 9.17) is 0 Å². The van der Waals surface area contributed by atoms with E-state index in [2.05, 4.69) is 36.5 Å². The second-order valence-electron chi connectivity index (χ2n) is 4.24. The van der Waals surface area contributed by atoms with Crippen molar-refractivity contribution in [1.29, 1.82) is 0 Å². The minimum atomic E-state index is -0.297. The van der Waals surface area contributed by atoms with E-state index in [1.165, 1.54) is 0 Å². The van der Waals surface area contributed by atoms with Crippen LogP contribution >= 0.6 is 15.9 Å². The van der Waals surface area contributed by atoms with Gasteiger partial charge in [-0.15, -0.1) is 0 Å². The fourth-order valence-corrected chi connectivity index (χ4v) is 2.23. The van der Waals surface area contributed by atoms with E-state index >= 15 is 0 Å². The third-order valence-electron chi connectivity index (χ3n) is 3.26. The fourth-order valence-electron chi connectivity index (χ4n) is 2.03. The summed E-state index contributed by atoms with van der Waals surface area (Å²) in [4.78, 5) is 20.3. The zero-order chi connectivity index (χ0) is 12.3. The van der Waals surface area contributed by atoms with Gasteiger partial charge in [0.1, 0.15) is 4.60 Å². The van der Waals surface area contributed by atoms with Crippen LogP contribution in [0.2, 0.25) is 0 Å². The molecule has 92 valence electrons. The topological polar surface area (TPSA) is 66.9 Å². The van der Waals surface area contributed by atoms with E-state index in [1.54, 1.807) is 12.4 Å². The van der Waals surface area contributed by atoms with Crippen LogP contribution in [0.1, 0.15) is 19.8 Å². The molecule has 0 bridgehead atoms. The van der Waals surface area contributed by atoms with Crippen molar-refractivity contribution in [2.75, 3.05) is 18.4 Å². The Labute approximate surface area is 109 Å². The third-order valence-corrected chi connectivity index (χ3v) is 3.67. The SMILES string of the molecule is CCC1(C(=O)Nc2cnc(Br)cn2)CCNC1. The zero-order valence-electron chi connectivity index (χ0n) is 9.66. The highest BCUT2D eigenvalue weighted by molar-refractivity contribution is 9.10. The Bertz CT molecular complexity index is 400. The quantitative estimate of drug-likeness (QED) is 0.889. The molecule has 0 saturated carbocycles. The zero-order valence-corrected chi connectivity index (χ0v) is 11.2. The van der Waals surface area contributed by atoms with E-state index in [1.807, 2.05) is 6.92 Å². The van der Waals surface area contributed by atoms with Gasteiger partial charge in [-0.2, -0.15) is 0 Å². The van der Waals surface area contributed by atoms with Crippen molar-refractivity contribution in [3.05, 3.63) is 17.0 Å². The molecule has 17 heavy (non-hydrogen) atoms. The van der Waals surface area contributed by atoms with Crippen LogP contribution < -0.4 is 10.6 Å². The molecule has 1 unspecified atom stereocenters. The lowest BCUT2D eigenvalue weighted by molar-refractivity contribution is -0.124. The van der Waals surface area contributed by atoms with E-state index in [0.717, 1.165) is 25.9 Å². The van der Waals surface area contributed by atoms with Gasteiger partial charge in [0.2, 0.25) is 5.91 Å². The molecular weight excluding hydrogens is 284 g/mol. The van der Waals surface area contributed by atoms with Crippen molar-refractivity contribution >= 4 is 27.7 Å². The fraction of sp³-hybridized carbons (Fsp3) is 0.545. The summed E-state index contributed by atoms with van der Waals surface area (Å²) >= 11 is 3.21. The number of carbonyl (C=O) groups is 1. The van der Waals surface area contributed by atoms with Crippen molar-refractivity contribution < 1.29 is 4.79 Å². The van der Waals surface area contributed by atoms with Gasteiger partial charge >= 0.3 is 0 Å². The summed E-state index contributed by atoms with van der Waals surface area (Å²) in [6.45, 7) is 3.67. The van der Waals surface area contributed by atoms with E-state index < -0.39 is 0 Å². The largest absolute Gasteiger partial charge is 0.316 e. The average molecular weight is 299 g/mol. The molecule has 1 aromatic rings. The van der Waals surface area contributed by atoms with E-state index in [9.17, 15) is 4.79 Å². The summed E-state index contributed by atoms with van der Waals surface area (Å²) in [5, 5.41) is 6.06. The van der Waals surface area contributed by atoms with Crippen LogP contribution in [0.3, 0.4) is 0 Å². The number of halogens is 1. The molecule has 0 spiro atoms. The molecule has 1 aromatic heterocycles. The molecule has 0 aromatic carbocycles. The Morgan fingerprint density at radius 2 is 2.41 bits per heavy atom. The number of nitrogens with one attached hydrogen (secondary N) is 2. The number of anilines is 1. The smallest absolute Gasteiger partial charge is 0.233 e. The summed E-state index contributed by atoms with van der Waals surface area (Å²) in [6, 6.07) is 0. The normalized spacial score (nSPS) is 23.6. The number of nitrogens with zero attached hydrogens (tertiary/aromatic N) is 2. The molecule has 5 nitrogen and oxygen atoms in total. The summed E-state index contributed by atoms with van der Waals surface area (Å²) in [6.07, 6.45) is 4.82. The summed E-state index contributed by atoms with van der Waals surface area (Å²) < 4.78 is 0.656. The first kappa shape index (κ1) is 12.4. The van der Waals surface area contributed by atoms with Crippen molar-refractivity contribution in [2.45, 2.75) is 19.8 Å². The van der Waals surface area contributed by atoms with Gasteiger partial charge in [0.25, 0.3) is 0 Å². The van der Waals surface area contributed by atoms with Gasteiger partial charge in [0.15, 0.2) is 5.82 Å². The van der Waals surface area contributed by atoms with Gasteiger partial charge in [-0.25, -0.2) is 9.97 Å². The minimum absolute atomic E-state index is 0.0293. The van der Waals surface area contributed by atoms with Gasteiger partial charge in [-0.05, 0) is 35.3 Å². The molecule has 1 saturated heterocycles. The predicted molar refractivity (Wildman–Crippen MR) is 68.6 cm³/mol. The maximum absolute atomic E-state index is 12.2. The van der Waals surface area contributed by atoms with Gasteiger partial charge in [-0.3, -0.25) is 4.79 Å². The molecule has 6 heteroatoms. The van der Waals surface area contributed by atoms with Crippen LogP contribution in [-0.4, -0.2) is 29.0 Å². The molecule has 0 aliphatic carbocycles. The second kappa shape index (κ2) is 5.10. The number of hydrogen-bond acceptors (Lipinski definition) is 4. The minimum Gasteiger partial charge on any atom is -0.316 e. The van der Waals surface area contributed by atoms with Crippen molar-refractivity contribution in [3.63, 3.8) is 0 Å². The number of aromatic nitrogens is 2. The lowest BCUT2D eigenvalue weighted by Gasteiger charge is -2.24. The molecule has 1 aliphatic heterocycles.